The molecule has 4 nitrogen and oxygen atoms in total. The molecule has 0 aromatic heterocycles. The molecular formula is C12H27BO4. The van der Waals surface area contributed by atoms with E-state index in [0.717, 1.165) is 0 Å². The highest BCUT2D eigenvalue weighted by Gasteiger charge is 2.35. The van der Waals surface area contributed by atoms with E-state index in [1.807, 2.05) is 27.7 Å². The molecule has 0 heterocycles. The maximum absolute atomic E-state index is 5.78. The molecule has 0 spiro atoms. The van der Waals surface area contributed by atoms with Crippen LogP contribution in [0.4, 0.5) is 0 Å². The van der Waals surface area contributed by atoms with Crippen LogP contribution >= 0.6 is 0 Å². The summed E-state index contributed by atoms with van der Waals surface area (Å²) in [6, 6.07) is -0.125. The first-order valence-electron chi connectivity index (χ1n) is 6.29. The number of hydrogen-bond acceptors (Lipinski definition) is 4. The third-order valence-corrected chi connectivity index (χ3v) is 2.12. The van der Waals surface area contributed by atoms with E-state index >= 15 is 0 Å². The average Bonchev–Trinajstić information content (AvgIpc) is 2.15. The van der Waals surface area contributed by atoms with Crippen molar-refractivity contribution < 1.29 is 18.8 Å². The molecule has 0 amide bonds. The summed E-state index contributed by atoms with van der Waals surface area (Å²) >= 11 is 0. The van der Waals surface area contributed by atoms with E-state index in [4.69, 9.17) is 18.8 Å². The Morgan fingerprint density at radius 1 is 0.882 bits per heavy atom. The average molecular weight is 246 g/mol. The number of rotatable bonds is 9. The van der Waals surface area contributed by atoms with E-state index in [9.17, 15) is 0 Å². The van der Waals surface area contributed by atoms with Gasteiger partial charge in [-0.15, -0.1) is 0 Å². The first kappa shape index (κ1) is 16.9. The van der Waals surface area contributed by atoms with E-state index in [1.165, 1.54) is 0 Å². The van der Waals surface area contributed by atoms with Crippen molar-refractivity contribution in [2.45, 2.75) is 59.8 Å². The van der Waals surface area contributed by atoms with E-state index in [1.54, 1.807) is 7.11 Å². The lowest BCUT2D eigenvalue weighted by Gasteiger charge is -2.29. The fraction of sp³-hybridized carbons (Fsp3) is 1.00. The van der Waals surface area contributed by atoms with Crippen molar-refractivity contribution in [1.29, 1.82) is 0 Å². The Hall–Kier alpha value is -0.0951. The van der Waals surface area contributed by atoms with Gasteiger partial charge in [-0.25, -0.2) is 0 Å². The van der Waals surface area contributed by atoms with Crippen LogP contribution in [0.25, 0.3) is 0 Å². The SMILES string of the molecule is COCOC(B(OC(C)C)OC(C)C)C(C)C. The van der Waals surface area contributed by atoms with Crippen LogP contribution in [0.5, 0.6) is 0 Å². The van der Waals surface area contributed by atoms with Gasteiger partial charge in [-0.2, -0.15) is 0 Å². The van der Waals surface area contributed by atoms with Crippen LogP contribution < -0.4 is 0 Å². The summed E-state index contributed by atoms with van der Waals surface area (Å²) in [6.07, 6.45) is 0.206. The number of ether oxygens (including phenoxy) is 2. The smallest absolute Gasteiger partial charge is 0.407 e. The van der Waals surface area contributed by atoms with Crippen molar-refractivity contribution in [3.05, 3.63) is 0 Å². The molecule has 1 unspecified atom stereocenters. The third-order valence-electron chi connectivity index (χ3n) is 2.12. The zero-order chi connectivity index (χ0) is 13.4. The van der Waals surface area contributed by atoms with Gasteiger partial charge in [-0.3, -0.25) is 0 Å². The molecule has 17 heavy (non-hydrogen) atoms. The van der Waals surface area contributed by atoms with Gasteiger partial charge in [0.15, 0.2) is 0 Å². The normalized spacial score (nSPS) is 13.8. The second-order valence-corrected chi connectivity index (χ2v) is 5.02. The largest absolute Gasteiger partial charge is 0.488 e. The molecular weight excluding hydrogens is 219 g/mol. The van der Waals surface area contributed by atoms with Crippen LogP contribution in [-0.2, 0) is 18.8 Å². The van der Waals surface area contributed by atoms with Gasteiger partial charge in [0.25, 0.3) is 0 Å². The first-order valence-corrected chi connectivity index (χ1v) is 6.29. The van der Waals surface area contributed by atoms with Crippen molar-refractivity contribution in [3.63, 3.8) is 0 Å². The number of methoxy groups -OCH3 is 1. The molecule has 5 heteroatoms. The fourth-order valence-electron chi connectivity index (χ4n) is 1.46. The summed E-state index contributed by atoms with van der Waals surface area (Å²) in [4.78, 5) is 0. The molecule has 0 aromatic rings. The van der Waals surface area contributed by atoms with Gasteiger partial charge < -0.3 is 18.8 Å². The Kier molecular flexibility index (Phi) is 8.87. The zero-order valence-corrected chi connectivity index (χ0v) is 12.2. The third kappa shape index (κ3) is 7.76. The molecule has 0 fully saturated rings. The Bertz CT molecular complexity index is 175. The van der Waals surface area contributed by atoms with Crippen LogP contribution in [-0.4, -0.2) is 39.2 Å². The summed E-state index contributed by atoms with van der Waals surface area (Å²) in [6.45, 7) is 12.4. The van der Waals surface area contributed by atoms with Gasteiger partial charge >= 0.3 is 7.12 Å². The summed E-state index contributed by atoms with van der Waals surface area (Å²) in [7, 11) is 1.25. The molecule has 0 radical (unpaired) electrons. The van der Waals surface area contributed by atoms with E-state index in [0.29, 0.717) is 5.92 Å². The highest BCUT2D eigenvalue weighted by atomic mass is 16.7. The topological polar surface area (TPSA) is 36.9 Å². The lowest BCUT2D eigenvalue weighted by molar-refractivity contribution is -0.0753. The molecule has 0 saturated carbocycles. The van der Waals surface area contributed by atoms with E-state index in [-0.39, 0.29) is 32.1 Å². The summed E-state index contributed by atoms with van der Waals surface area (Å²) < 4.78 is 22.2. The van der Waals surface area contributed by atoms with Crippen molar-refractivity contribution >= 4 is 7.12 Å². The Labute approximate surface area is 106 Å². The van der Waals surface area contributed by atoms with Crippen molar-refractivity contribution in [2.24, 2.45) is 5.92 Å². The maximum atomic E-state index is 5.78. The minimum Gasteiger partial charge on any atom is -0.407 e. The van der Waals surface area contributed by atoms with Crippen molar-refractivity contribution in [1.82, 2.24) is 0 Å². The van der Waals surface area contributed by atoms with Crippen LogP contribution in [0.2, 0.25) is 0 Å². The molecule has 1 atom stereocenters. The van der Waals surface area contributed by atoms with Crippen LogP contribution in [0.15, 0.2) is 0 Å². The zero-order valence-electron chi connectivity index (χ0n) is 12.2. The van der Waals surface area contributed by atoms with Gasteiger partial charge in [0.05, 0.1) is 6.00 Å². The highest BCUT2D eigenvalue weighted by Crippen LogP contribution is 2.15. The molecule has 0 saturated heterocycles. The number of hydrogen-bond donors (Lipinski definition) is 0. The van der Waals surface area contributed by atoms with Crippen molar-refractivity contribution in [2.75, 3.05) is 13.9 Å². The predicted octanol–water partition coefficient (Wildman–Crippen LogP) is 2.51. The molecule has 0 N–H and O–H groups in total. The van der Waals surface area contributed by atoms with E-state index < -0.39 is 0 Å². The molecule has 0 bridgehead atoms. The lowest BCUT2D eigenvalue weighted by atomic mass is 9.73. The molecule has 0 rings (SSSR count). The van der Waals surface area contributed by atoms with Crippen LogP contribution in [0.3, 0.4) is 0 Å². The van der Waals surface area contributed by atoms with Crippen molar-refractivity contribution in [3.8, 4) is 0 Å². The Morgan fingerprint density at radius 2 is 1.35 bits per heavy atom. The van der Waals surface area contributed by atoms with E-state index in [2.05, 4.69) is 13.8 Å². The quantitative estimate of drug-likeness (QED) is 0.462. The predicted molar refractivity (Wildman–Crippen MR) is 69.8 cm³/mol. The second-order valence-electron chi connectivity index (χ2n) is 5.02. The molecule has 102 valence electrons. The summed E-state index contributed by atoms with van der Waals surface area (Å²) in [5, 5.41) is 0. The van der Waals surface area contributed by atoms with Crippen LogP contribution in [0, 0.1) is 5.92 Å². The lowest BCUT2D eigenvalue weighted by Crippen LogP contribution is -2.45. The van der Waals surface area contributed by atoms with Crippen LogP contribution in [0.1, 0.15) is 41.5 Å². The first-order chi connectivity index (χ1) is 7.88. The minimum absolute atomic E-state index is 0.103. The summed E-state index contributed by atoms with van der Waals surface area (Å²) in [5.74, 6) is 0.299. The van der Waals surface area contributed by atoms with Gasteiger partial charge in [0.1, 0.15) is 6.79 Å². The molecule has 0 aromatic carbocycles. The maximum Gasteiger partial charge on any atom is 0.488 e. The highest BCUT2D eigenvalue weighted by molar-refractivity contribution is 6.46. The summed E-state index contributed by atoms with van der Waals surface area (Å²) in [5.41, 5.74) is 0. The molecule has 0 aliphatic rings. The van der Waals surface area contributed by atoms with Gasteiger partial charge in [0, 0.05) is 19.3 Å². The monoisotopic (exact) mass is 246 g/mol. The second kappa shape index (κ2) is 8.92. The fourth-order valence-corrected chi connectivity index (χ4v) is 1.46. The van der Waals surface area contributed by atoms with Gasteiger partial charge in [-0.1, -0.05) is 13.8 Å². The van der Waals surface area contributed by atoms with Gasteiger partial charge in [-0.05, 0) is 33.6 Å². The molecule has 0 aliphatic heterocycles. The molecule has 0 aliphatic carbocycles. The standard InChI is InChI=1S/C12H27BO4/c1-9(2)12(15-8-14-7)13(16-10(3)4)17-11(5)6/h9-12H,8H2,1-7H3. The minimum atomic E-state index is -0.356. The van der Waals surface area contributed by atoms with Gasteiger partial charge in [0.2, 0.25) is 0 Å². The Balaban J connectivity index is 4.54. The Morgan fingerprint density at radius 3 is 1.65 bits per heavy atom.